The topological polar surface area (TPSA) is 105 Å². The minimum absolute atomic E-state index is 0.0386. The van der Waals surface area contributed by atoms with E-state index < -0.39 is 23.9 Å². The first-order valence-corrected chi connectivity index (χ1v) is 8.39. The third kappa shape index (κ3) is 3.24. The molecule has 0 radical (unpaired) electrons. The van der Waals surface area contributed by atoms with Crippen LogP contribution in [0.1, 0.15) is 30.0 Å². The Hall–Kier alpha value is -3.20. The average Bonchev–Trinajstić information content (AvgIpc) is 3.06. The first-order valence-electron chi connectivity index (χ1n) is 8.01. The molecule has 1 aromatic carbocycles. The predicted molar refractivity (Wildman–Crippen MR) is 96.5 cm³/mol. The fourth-order valence-electron chi connectivity index (χ4n) is 3.00. The number of nitrogens with zero attached hydrogens (tertiary/aromatic N) is 3. The lowest BCUT2D eigenvalue weighted by molar-refractivity contribution is -0.136. The van der Waals surface area contributed by atoms with Gasteiger partial charge >= 0.3 is 12.1 Å². The minimum atomic E-state index is -1.42. The average molecular weight is 408 g/mol. The van der Waals surface area contributed by atoms with Crippen molar-refractivity contribution in [3.05, 3.63) is 63.7 Å². The fourth-order valence-corrected chi connectivity index (χ4v) is 3.27. The molecule has 1 aliphatic heterocycles. The highest BCUT2D eigenvalue weighted by atomic mass is 35.5. The molecule has 1 N–H and O–H groups in total. The number of esters is 1. The molecule has 1 aliphatic rings. The Balaban J connectivity index is 2.32. The largest absolute Gasteiger partial charge is 0.466 e. The second-order valence-corrected chi connectivity index (χ2v) is 6.31. The third-order valence-corrected chi connectivity index (χ3v) is 4.58. The number of rotatable bonds is 3. The Bertz CT molecular complexity index is 1030. The van der Waals surface area contributed by atoms with E-state index in [-0.39, 0.29) is 33.4 Å². The summed E-state index contributed by atoms with van der Waals surface area (Å²) in [5, 5.41) is 9.88. The monoisotopic (exact) mass is 407 g/mol. The van der Waals surface area contributed by atoms with Crippen LogP contribution in [-0.2, 0) is 9.53 Å². The van der Waals surface area contributed by atoms with E-state index >= 15 is 0 Å². The molecule has 1 amide bonds. The number of aliphatic imine (C=N–C) groups is 1. The Morgan fingerprint density at radius 2 is 2.07 bits per heavy atom. The van der Waals surface area contributed by atoms with E-state index in [2.05, 4.69) is 9.98 Å². The Morgan fingerprint density at radius 3 is 2.61 bits per heavy atom. The van der Waals surface area contributed by atoms with Crippen LogP contribution in [0, 0.1) is 12.7 Å². The molecule has 0 spiro atoms. The van der Waals surface area contributed by atoms with Crippen LogP contribution in [0.25, 0.3) is 0 Å². The summed E-state index contributed by atoms with van der Waals surface area (Å²) in [6.07, 6.45) is -0.262. The highest BCUT2D eigenvalue weighted by Crippen LogP contribution is 2.40. The molecule has 0 fully saturated rings. The second-order valence-electron chi connectivity index (χ2n) is 5.90. The molecule has 146 valence electrons. The predicted octanol–water partition coefficient (Wildman–Crippen LogP) is 3.70. The van der Waals surface area contributed by atoms with Gasteiger partial charge in [0, 0.05) is 5.02 Å². The van der Waals surface area contributed by atoms with E-state index in [4.69, 9.17) is 20.8 Å². The number of oxazole rings is 1. The van der Waals surface area contributed by atoms with Gasteiger partial charge in [-0.25, -0.2) is 28.9 Å². The second kappa shape index (κ2) is 7.43. The molecule has 0 aliphatic carbocycles. The summed E-state index contributed by atoms with van der Waals surface area (Å²) in [6.45, 7) is 3.13. The van der Waals surface area contributed by atoms with Gasteiger partial charge in [0.15, 0.2) is 12.2 Å². The molecule has 2 aromatic rings. The molecular formula is C18H15ClFN3O5. The van der Waals surface area contributed by atoms with E-state index in [0.717, 1.165) is 30.5 Å². The molecule has 2 heterocycles. The first kappa shape index (κ1) is 19.6. The highest BCUT2D eigenvalue weighted by molar-refractivity contribution is 6.31. The molecule has 0 saturated heterocycles. The first-order chi connectivity index (χ1) is 13.3. The number of benzene rings is 1. The lowest BCUT2D eigenvalue weighted by atomic mass is 9.93. The summed E-state index contributed by atoms with van der Waals surface area (Å²) >= 11 is 6.19. The number of hydrogen-bond acceptors (Lipinski definition) is 6. The van der Waals surface area contributed by atoms with Crippen molar-refractivity contribution in [2.45, 2.75) is 19.9 Å². The fraction of sp³-hybridized carbons (Fsp3) is 0.222. The number of amidine groups is 1. The maximum atomic E-state index is 13.6. The van der Waals surface area contributed by atoms with E-state index in [1.807, 2.05) is 0 Å². The maximum Gasteiger partial charge on any atom is 0.413 e. The minimum Gasteiger partial charge on any atom is -0.466 e. The summed E-state index contributed by atoms with van der Waals surface area (Å²) in [4.78, 5) is 33.8. The molecule has 1 atom stereocenters. The van der Waals surface area contributed by atoms with Crippen LogP contribution < -0.4 is 0 Å². The summed E-state index contributed by atoms with van der Waals surface area (Å²) in [6, 6.07) is 2.25. The molecular weight excluding hydrogens is 393 g/mol. The smallest absolute Gasteiger partial charge is 0.413 e. The Kier molecular flexibility index (Phi) is 5.19. The number of amides is 1. The van der Waals surface area contributed by atoms with Crippen molar-refractivity contribution in [1.82, 2.24) is 9.88 Å². The van der Waals surface area contributed by atoms with Crippen molar-refractivity contribution < 1.29 is 28.2 Å². The number of methoxy groups -OCH3 is 1. The number of carbonyl (C=O) groups is 2. The Labute approximate surface area is 163 Å². The van der Waals surface area contributed by atoms with Crippen molar-refractivity contribution in [2.24, 2.45) is 4.99 Å². The maximum absolute atomic E-state index is 13.6. The van der Waals surface area contributed by atoms with Crippen LogP contribution in [0.4, 0.5) is 9.18 Å². The van der Waals surface area contributed by atoms with Gasteiger partial charge in [0.1, 0.15) is 23.3 Å². The molecule has 0 saturated carbocycles. The molecule has 1 aromatic heterocycles. The van der Waals surface area contributed by atoms with Crippen molar-refractivity contribution in [3.8, 4) is 0 Å². The SMILES string of the molecule is COC(=O)C1=C(C)N=C(c2ncoc2C)N(C(=O)O)C1c1ccc(F)cc1Cl. The quantitative estimate of drug-likeness (QED) is 0.777. The summed E-state index contributed by atoms with van der Waals surface area (Å²) in [5.74, 6) is -1.10. The Morgan fingerprint density at radius 1 is 1.36 bits per heavy atom. The van der Waals surface area contributed by atoms with Crippen molar-refractivity contribution in [2.75, 3.05) is 7.11 Å². The number of hydrogen-bond donors (Lipinski definition) is 1. The zero-order valence-electron chi connectivity index (χ0n) is 15.1. The number of carbonyl (C=O) groups excluding carboxylic acids is 1. The molecule has 0 bridgehead atoms. The van der Waals surface area contributed by atoms with Gasteiger partial charge < -0.3 is 14.3 Å². The van der Waals surface area contributed by atoms with E-state index in [1.165, 1.54) is 13.0 Å². The number of carboxylic acid groups (broad SMARTS) is 1. The number of allylic oxidation sites excluding steroid dienone is 1. The van der Waals surface area contributed by atoms with Gasteiger partial charge in [0.05, 0.1) is 18.4 Å². The van der Waals surface area contributed by atoms with Gasteiger partial charge in [-0.2, -0.15) is 0 Å². The van der Waals surface area contributed by atoms with Crippen molar-refractivity contribution in [1.29, 1.82) is 0 Å². The van der Waals surface area contributed by atoms with Crippen LogP contribution in [-0.4, -0.2) is 40.0 Å². The standard InChI is InChI=1S/C18H15ClFN3O5/c1-8-13(17(24)27-3)15(11-5-4-10(20)6-12(11)19)23(18(25)26)16(22-8)14-9(2)28-7-21-14/h4-7,15H,1-3H3,(H,25,26). The van der Waals surface area contributed by atoms with Crippen LogP contribution in [0.5, 0.6) is 0 Å². The lowest BCUT2D eigenvalue weighted by Crippen LogP contribution is -2.44. The van der Waals surface area contributed by atoms with Crippen LogP contribution in [0.3, 0.4) is 0 Å². The lowest BCUT2D eigenvalue weighted by Gasteiger charge is -2.35. The van der Waals surface area contributed by atoms with Gasteiger partial charge in [-0.05, 0) is 31.5 Å². The number of ether oxygens (including phenoxy) is 1. The van der Waals surface area contributed by atoms with E-state index in [0.29, 0.717) is 5.76 Å². The number of aryl methyl sites for hydroxylation is 1. The summed E-state index contributed by atoms with van der Waals surface area (Å²) < 4.78 is 23.5. The van der Waals surface area contributed by atoms with Crippen molar-refractivity contribution >= 4 is 29.5 Å². The van der Waals surface area contributed by atoms with Gasteiger partial charge in [-0.15, -0.1) is 0 Å². The summed E-state index contributed by atoms with van der Waals surface area (Å²) in [5.41, 5.74) is 0.558. The van der Waals surface area contributed by atoms with E-state index in [9.17, 15) is 19.1 Å². The zero-order valence-corrected chi connectivity index (χ0v) is 15.8. The zero-order chi connectivity index (χ0) is 20.6. The van der Waals surface area contributed by atoms with E-state index in [1.54, 1.807) is 6.92 Å². The van der Waals surface area contributed by atoms with Crippen LogP contribution in [0.15, 0.2) is 45.3 Å². The molecule has 28 heavy (non-hydrogen) atoms. The molecule has 3 rings (SSSR count). The van der Waals surface area contributed by atoms with Crippen molar-refractivity contribution in [3.63, 3.8) is 0 Å². The molecule has 10 heteroatoms. The van der Waals surface area contributed by atoms with Crippen LogP contribution in [0.2, 0.25) is 5.02 Å². The van der Waals surface area contributed by atoms with Gasteiger partial charge in [-0.3, -0.25) is 0 Å². The van der Waals surface area contributed by atoms with Gasteiger partial charge in [-0.1, -0.05) is 17.7 Å². The number of halogens is 2. The third-order valence-electron chi connectivity index (χ3n) is 4.25. The van der Waals surface area contributed by atoms with Gasteiger partial charge in [0.25, 0.3) is 0 Å². The normalized spacial score (nSPS) is 16.8. The molecule has 1 unspecified atom stereocenters. The number of aromatic nitrogens is 1. The highest BCUT2D eigenvalue weighted by Gasteiger charge is 2.42. The van der Waals surface area contributed by atoms with Crippen LogP contribution >= 0.6 is 11.6 Å². The van der Waals surface area contributed by atoms with Gasteiger partial charge in [0.2, 0.25) is 0 Å². The summed E-state index contributed by atoms with van der Waals surface area (Å²) in [7, 11) is 1.16. The molecule has 8 nitrogen and oxygen atoms in total.